The van der Waals surface area contributed by atoms with E-state index in [1.165, 1.54) is 42.5 Å². The molecule has 0 atom stereocenters. The predicted octanol–water partition coefficient (Wildman–Crippen LogP) is 2.49. The minimum atomic E-state index is -0.535. The summed E-state index contributed by atoms with van der Waals surface area (Å²) in [7, 11) is 0. The Morgan fingerprint density at radius 3 is 2.50 bits per heavy atom. The Bertz CT molecular complexity index is 644. The number of hydrogen-bond donors (Lipinski definition) is 2. The number of carbonyl (C=O) groups excluding carboxylic acids is 1. The molecule has 0 fully saturated rings. The van der Waals surface area contributed by atoms with Gasteiger partial charge in [0, 0.05) is 17.7 Å². The summed E-state index contributed by atoms with van der Waals surface area (Å²) < 4.78 is 12.7. The molecule has 7 heteroatoms. The molecule has 2 rings (SSSR count). The largest absolute Gasteiger partial charge is 0.298 e. The second-order valence-electron chi connectivity index (χ2n) is 3.89. The van der Waals surface area contributed by atoms with E-state index in [0.717, 1.165) is 0 Å². The number of non-ortho nitro benzene ring substituents is 1. The number of nitro benzene ring substituents is 1. The van der Waals surface area contributed by atoms with Gasteiger partial charge in [0.2, 0.25) is 0 Å². The van der Waals surface area contributed by atoms with Gasteiger partial charge in [-0.05, 0) is 30.3 Å². The summed E-state index contributed by atoms with van der Waals surface area (Å²) in [5.41, 5.74) is 5.47. The number of benzene rings is 2. The lowest BCUT2D eigenvalue weighted by Gasteiger charge is -2.08. The van der Waals surface area contributed by atoms with Crippen LogP contribution in [-0.4, -0.2) is 10.8 Å². The zero-order valence-corrected chi connectivity index (χ0v) is 10.2. The van der Waals surface area contributed by atoms with Gasteiger partial charge in [-0.1, -0.05) is 6.07 Å². The highest BCUT2D eigenvalue weighted by molar-refractivity contribution is 5.94. The van der Waals surface area contributed by atoms with E-state index < -0.39 is 16.6 Å². The van der Waals surface area contributed by atoms with Crippen molar-refractivity contribution in [1.82, 2.24) is 5.43 Å². The van der Waals surface area contributed by atoms with Crippen LogP contribution in [0.5, 0.6) is 0 Å². The maximum atomic E-state index is 12.7. The van der Waals surface area contributed by atoms with Crippen LogP contribution in [0.15, 0.2) is 48.5 Å². The molecule has 0 bridgehead atoms. The summed E-state index contributed by atoms with van der Waals surface area (Å²) in [5, 5.41) is 10.6. The number of amides is 1. The predicted molar refractivity (Wildman–Crippen MR) is 70.6 cm³/mol. The van der Waals surface area contributed by atoms with Crippen LogP contribution in [0.25, 0.3) is 0 Å². The maximum Gasteiger partial charge on any atom is 0.271 e. The van der Waals surface area contributed by atoms with Crippen LogP contribution in [0, 0.1) is 15.9 Å². The van der Waals surface area contributed by atoms with Gasteiger partial charge in [-0.25, -0.2) is 4.39 Å². The Kier molecular flexibility index (Phi) is 3.90. The second-order valence-corrected chi connectivity index (χ2v) is 3.89. The lowest BCUT2D eigenvalue weighted by atomic mass is 10.2. The molecule has 0 aliphatic rings. The van der Waals surface area contributed by atoms with Crippen molar-refractivity contribution in [2.45, 2.75) is 0 Å². The second kappa shape index (κ2) is 5.79. The Hall–Kier alpha value is -2.96. The fourth-order valence-electron chi connectivity index (χ4n) is 1.50. The summed E-state index contributed by atoms with van der Waals surface area (Å²) in [5.74, 6) is -0.912. The molecule has 0 aliphatic heterocycles. The molecule has 0 aromatic heterocycles. The highest BCUT2D eigenvalue weighted by atomic mass is 19.1. The summed E-state index contributed by atoms with van der Waals surface area (Å²) in [6.07, 6.45) is 0. The van der Waals surface area contributed by atoms with E-state index in [2.05, 4.69) is 10.9 Å². The van der Waals surface area contributed by atoms with Crippen molar-refractivity contribution in [3.05, 3.63) is 70.0 Å². The SMILES string of the molecule is O=C(NNc1cccc([N+](=O)[O-])c1)c1ccc(F)cc1. The van der Waals surface area contributed by atoms with Crippen LogP contribution in [0.1, 0.15) is 10.4 Å². The van der Waals surface area contributed by atoms with Crippen LogP contribution in [0.2, 0.25) is 0 Å². The fraction of sp³-hybridized carbons (Fsp3) is 0. The van der Waals surface area contributed by atoms with Crippen molar-refractivity contribution in [1.29, 1.82) is 0 Å². The lowest BCUT2D eigenvalue weighted by molar-refractivity contribution is -0.384. The molecule has 2 N–H and O–H groups in total. The Morgan fingerprint density at radius 2 is 1.85 bits per heavy atom. The number of hydrazine groups is 1. The van der Waals surface area contributed by atoms with Gasteiger partial charge in [-0.2, -0.15) is 0 Å². The third-order valence-electron chi connectivity index (χ3n) is 2.48. The van der Waals surface area contributed by atoms with Gasteiger partial charge >= 0.3 is 0 Å². The minimum Gasteiger partial charge on any atom is -0.298 e. The van der Waals surface area contributed by atoms with Crippen molar-refractivity contribution in [2.75, 3.05) is 5.43 Å². The average molecular weight is 275 g/mol. The molecular formula is C13H10FN3O3. The number of rotatable bonds is 4. The molecule has 0 saturated heterocycles. The van der Waals surface area contributed by atoms with E-state index in [9.17, 15) is 19.3 Å². The summed E-state index contributed by atoms with van der Waals surface area (Å²) in [6, 6.07) is 10.7. The summed E-state index contributed by atoms with van der Waals surface area (Å²) >= 11 is 0. The standard InChI is InChI=1S/C13H10FN3O3/c14-10-6-4-9(5-7-10)13(18)16-15-11-2-1-3-12(8-11)17(19)20/h1-8,15H,(H,16,18). The fourth-order valence-corrected chi connectivity index (χ4v) is 1.50. The molecule has 20 heavy (non-hydrogen) atoms. The topological polar surface area (TPSA) is 84.3 Å². The third kappa shape index (κ3) is 3.29. The molecule has 2 aromatic rings. The van der Waals surface area contributed by atoms with Crippen molar-refractivity contribution >= 4 is 17.3 Å². The van der Waals surface area contributed by atoms with E-state index in [-0.39, 0.29) is 11.3 Å². The van der Waals surface area contributed by atoms with Gasteiger partial charge in [0.25, 0.3) is 11.6 Å². The molecular weight excluding hydrogens is 265 g/mol. The highest BCUT2D eigenvalue weighted by Gasteiger charge is 2.07. The molecule has 0 radical (unpaired) electrons. The number of hydrogen-bond acceptors (Lipinski definition) is 4. The quantitative estimate of drug-likeness (QED) is 0.663. The Balaban J connectivity index is 2.01. The van der Waals surface area contributed by atoms with Crippen LogP contribution >= 0.6 is 0 Å². The van der Waals surface area contributed by atoms with Crippen molar-refractivity contribution in [2.24, 2.45) is 0 Å². The first-order valence-electron chi connectivity index (χ1n) is 5.62. The number of nitrogens with one attached hydrogen (secondary N) is 2. The normalized spacial score (nSPS) is 9.85. The molecule has 2 aromatic carbocycles. The number of anilines is 1. The van der Waals surface area contributed by atoms with Gasteiger partial charge in [0.05, 0.1) is 10.6 Å². The van der Waals surface area contributed by atoms with Crippen molar-refractivity contribution in [3.63, 3.8) is 0 Å². The summed E-state index contributed by atoms with van der Waals surface area (Å²) in [6.45, 7) is 0. The number of nitrogens with zero attached hydrogens (tertiary/aromatic N) is 1. The highest BCUT2D eigenvalue weighted by Crippen LogP contribution is 2.16. The lowest BCUT2D eigenvalue weighted by Crippen LogP contribution is -2.29. The van der Waals surface area contributed by atoms with E-state index in [0.29, 0.717) is 5.69 Å². The smallest absolute Gasteiger partial charge is 0.271 e. The monoisotopic (exact) mass is 275 g/mol. The van der Waals surface area contributed by atoms with Crippen LogP contribution in [-0.2, 0) is 0 Å². The zero-order chi connectivity index (χ0) is 14.5. The van der Waals surface area contributed by atoms with Gasteiger partial charge in [0.1, 0.15) is 5.82 Å². The van der Waals surface area contributed by atoms with E-state index >= 15 is 0 Å². The maximum absolute atomic E-state index is 12.7. The number of halogens is 1. The Morgan fingerprint density at radius 1 is 1.15 bits per heavy atom. The molecule has 0 spiro atoms. The van der Waals surface area contributed by atoms with Gasteiger partial charge < -0.3 is 0 Å². The molecule has 0 unspecified atom stereocenters. The van der Waals surface area contributed by atoms with Gasteiger partial charge in [0.15, 0.2) is 0 Å². The number of nitro groups is 1. The van der Waals surface area contributed by atoms with Gasteiger partial charge in [-0.3, -0.25) is 25.8 Å². The molecule has 0 aliphatic carbocycles. The minimum absolute atomic E-state index is 0.0916. The third-order valence-corrected chi connectivity index (χ3v) is 2.48. The first kappa shape index (κ1) is 13.5. The Labute approximate surface area is 113 Å². The molecule has 0 saturated carbocycles. The van der Waals surface area contributed by atoms with Gasteiger partial charge in [-0.15, -0.1) is 0 Å². The molecule has 1 amide bonds. The molecule has 6 nitrogen and oxygen atoms in total. The first-order valence-corrected chi connectivity index (χ1v) is 5.62. The van der Waals surface area contributed by atoms with Crippen molar-refractivity contribution in [3.8, 4) is 0 Å². The van der Waals surface area contributed by atoms with E-state index in [1.54, 1.807) is 6.07 Å². The van der Waals surface area contributed by atoms with E-state index in [1.807, 2.05) is 0 Å². The molecule has 0 heterocycles. The number of carbonyl (C=O) groups is 1. The average Bonchev–Trinajstić information content (AvgIpc) is 2.46. The van der Waals surface area contributed by atoms with Crippen molar-refractivity contribution < 1.29 is 14.1 Å². The van der Waals surface area contributed by atoms with Crippen LogP contribution in [0.3, 0.4) is 0 Å². The summed E-state index contributed by atoms with van der Waals surface area (Å²) in [4.78, 5) is 21.8. The van der Waals surface area contributed by atoms with Crippen LogP contribution in [0.4, 0.5) is 15.8 Å². The molecule has 102 valence electrons. The van der Waals surface area contributed by atoms with Crippen LogP contribution < -0.4 is 10.9 Å². The first-order chi connectivity index (χ1) is 9.56. The zero-order valence-electron chi connectivity index (χ0n) is 10.2. The van der Waals surface area contributed by atoms with E-state index in [4.69, 9.17) is 0 Å².